The van der Waals surface area contributed by atoms with Crippen molar-refractivity contribution in [3.05, 3.63) is 35.2 Å². The van der Waals surface area contributed by atoms with Gasteiger partial charge in [-0.15, -0.1) is 5.10 Å². The highest BCUT2D eigenvalue weighted by Crippen LogP contribution is 2.23. The third-order valence-electron chi connectivity index (χ3n) is 3.08. The fraction of sp³-hybridized carbons (Fsp3) is 0.500. The summed E-state index contributed by atoms with van der Waals surface area (Å²) in [6, 6.07) is 6.39. The fourth-order valence-electron chi connectivity index (χ4n) is 1.91. The first-order valence-corrected chi connectivity index (χ1v) is 7.38. The first-order valence-electron chi connectivity index (χ1n) is 7.38. The van der Waals surface area contributed by atoms with Crippen LogP contribution in [-0.4, -0.2) is 21.2 Å². The van der Waals surface area contributed by atoms with E-state index in [-0.39, 0.29) is 0 Å². The van der Waals surface area contributed by atoms with Crippen LogP contribution in [0, 0.1) is 6.92 Å². The predicted molar refractivity (Wildman–Crippen MR) is 83.7 cm³/mol. The summed E-state index contributed by atoms with van der Waals surface area (Å²) in [7, 11) is 0. The van der Waals surface area contributed by atoms with E-state index >= 15 is 0 Å². The molecule has 0 aromatic carbocycles. The smallest absolute Gasteiger partial charge is 0.240 e. The van der Waals surface area contributed by atoms with Crippen molar-refractivity contribution in [3.63, 3.8) is 0 Å². The largest absolute Gasteiger partial charge is 0.419 e. The van der Waals surface area contributed by atoms with E-state index < -0.39 is 0 Å². The summed E-state index contributed by atoms with van der Waals surface area (Å²) in [4.78, 5) is 4.56. The van der Waals surface area contributed by atoms with E-state index in [1.807, 2.05) is 19.1 Å². The molecule has 2 aromatic heterocycles. The Hall–Kier alpha value is -1.88. The van der Waals surface area contributed by atoms with Crippen molar-refractivity contribution in [2.24, 2.45) is 0 Å². The van der Waals surface area contributed by atoms with Crippen LogP contribution < -0.4 is 10.1 Å². The number of rotatable bonds is 6. The summed E-state index contributed by atoms with van der Waals surface area (Å²) in [5.74, 6) is 1.49. The zero-order valence-corrected chi connectivity index (χ0v) is 13.4. The molecule has 2 heterocycles. The number of hydrogen-bond acceptors (Lipinski definition) is 4. The van der Waals surface area contributed by atoms with E-state index in [0.29, 0.717) is 23.7 Å². The molecule has 0 fully saturated rings. The third kappa shape index (κ3) is 4.56. The molecule has 5 nitrogen and oxygen atoms in total. The van der Waals surface area contributed by atoms with Crippen molar-refractivity contribution < 1.29 is 4.74 Å². The minimum absolute atomic E-state index is 0.354. The highest BCUT2D eigenvalue weighted by molar-refractivity contribution is 5.29. The first-order chi connectivity index (χ1) is 9.94. The average Bonchev–Trinajstić information content (AvgIpc) is 2.81. The second-order valence-corrected chi connectivity index (χ2v) is 5.92. The van der Waals surface area contributed by atoms with Gasteiger partial charge in [0.2, 0.25) is 11.8 Å². The molecule has 0 saturated heterocycles. The summed E-state index contributed by atoms with van der Waals surface area (Å²) in [5, 5.41) is 10.4. The zero-order chi connectivity index (χ0) is 15.4. The quantitative estimate of drug-likeness (QED) is 0.853. The number of hydrogen-bond donors (Lipinski definition) is 2. The Morgan fingerprint density at radius 3 is 2.48 bits per heavy atom. The summed E-state index contributed by atoms with van der Waals surface area (Å²) >= 11 is 0. The molecule has 0 bridgehead atoms. The van der Waals surface area contributed by atoms with E-state index in [2.05, 4.69) is 54.3 Å². The maximum atomic E-state index is 5.76. The van der Waals surface area contributed by atoms with Crippen LogP contribution in [0.2, 0.25) is 0 Å². The van der Waals surface area contributed by atoms with E-state index in [0.717, 1.165) is 17.9 Å². The number of aryl methyl sites for hydroxylation is 1. The van der Waals surface area contributed by atoms with E-state index in [9.17, 15) is 0 Å². The molecule has 0 spiro atoms. The maximum absolute atomic E-state index is 5.76. The zero-order valence-electron chi connectivity index (χ0n) is 13.4. The molecule has 0 saturated carbocycles. The molecule has 5 heteroatoms. The number of aromatic amines is 1. The Balaban J connectivity index is 2.22. The van der Waals surface area contributed by atoms with Crippen molar-refractivity contribution in [3.8, 4) is 11.8 Å². The van der Waals surface area contributed by atoms with Gasteiger partial charge in [-0.3, -0.25) is 5.10 Å². The van der Waals surface area contributed by atoms with Crippen LogP contribution in [0.15, 0.2) is 18.2 Å². The topological polar surface area (TPSA) is 62.8 Å². The lowest BCUT2D eigenvalue weighted by Gasteiger charge is -2.13. The third-order valence-corrected chi connectivity index (χ3v) is 3.08. The molecule has 2 rings (SSSR count). The van der Waals surface area contributed by atoms with Crippen LogP contribution in [0.5, 0.6) is 11.8 Å². The van der Waals surface area contributed by atoms with Gasteiger partial charge < -0.3 is 10.1 Å². The van der Waals surface area contributed by atoms with Crippen LogP contribution in [-0.2, 0) is 6.54 Å². The van der Waals surface area contributed by atoms with Crippen LogP contribution >= 0.6 is 0 Å². The van der Waals surface area contributed by atoms with Crippen molar-refractivity contribution in [2.45, 2.75) is 53.1 Å². The van der Waals surface area contributed by atoms with Gasteiger partial charge in [-0.1, -0.05) is 27.7 Å². The highest BCUT2D eigenvalue weighted by atomic mass is 16.5. The van der Waals surface area contributed by atoms with Gasteiger partial charge in [0.1, 0.15) is 0 Å². The van der Waals surface area contributed by atoms with Gasteiger partial charge >= 0.3 is 0 Å². The van der Waals surface area contributed by atoms with E-state index in [4.69, 9.17) is 4.74 Å². The lowest BCUT2D eigenvalue weighted by molar-refractivity contribution is 0.439. The number of H-pyrrole nitrogens is 1. The SMILES string of the molecule is Cc1cc(Oc2cc(CNC(C)C)cc(C(C)C)n2)n[nH]1. The van der Waals surface area contributed by atoms with E-state index in [1.54, 1.807) is 0 Å². The summed E-state index contributed by atoms with van der Waals surface area (Å²) in [6.07, 6.45) is 0. The molecule has 0 aliphatic heterocycles. The molecular weight excluding hydrogens is 264 g/mol. The Morgan fingerprint density at radius 2 is 1.90 bits per heavy atom. The first kappa shape index (κ1) is 15.5. The Labute approximate surface area is 126 Å². The standard InChI is InChI=1S/C16H24N4O/c1-10(2)14-7-13(9-17-11(3)4)8-15(18-14)21-16-6-12(5)19-20-16/h6-8,10-11,17H,9H2,1-5H3,(H,19,20). The predicted octanol–water partition coefficient (Wildman–Crippen LogP) is 3.53. The molecule has 0 radical (unpaired) electrons. The van der Waals surface area contributed by atoms with Crippen LogP contribution in [0.25, 0.3) is 0 Å². The Bertz CT molecular complexity index is 590. The minimum atomic E-state index is 0.354. The summed E-state index contributed by atoms with van der Waals surface area (Å²) in [6.45, 7) is 11.3. The number of nitrogens with one attached hydrogen (secondary N) is 2. The van der Waals surface area contributed by atoms with Crippen molar-refractivity contribution in [2.75, 3.05) is 0 Å². The molecule has 114 valence electrons. The lowest BCUT2D eigenvalue weighted by Crippen LogP contribution is -2.22. The lowest BCUT2D eigenvalue weighted by atomic mass is 10.1. The van der Waals surface area contributed by atoms with Crippen LogP contribution in [0.3, 0.4) is 0 Å². The van der Waals surface area contributed by atoms with Crippen LogP contribution in [0.1, 0.15) is 50.6 Å². The Morgan fingerprint density at radius 1 is 1.14 bits per heavy atom. The van der Waals surface area contributed by atoms with Crippen LogP contribution in [0.4, 0.5) is 0 Å². The van der Waals surface area contributed by atoms with Gasteiger partial charge in [-0.2, -0.15) is 0 Å². The molecular formula is C16H24N4O. The molecule has 0 aliphatic rings. The highest BCUT2D eigenvalue weighted by Gasteiger charge is 2.09. The molecule has 2 N–H and O–H groups in total. The normalized spacial score (nSPS) is 11.4. The molecule has 0 atom stereocenters. The number of nitrogens with zero attached hydrogens (tertiary/aromatic N) is 2. The molecule has 21 heavy (non-hydrogen) atoms. The van der Waals surface area contributed by atoms with Gasteiger partial charge in [-0.25, -0.2) is 4.98 Å². The van der Waals surface area contributed by atoms with Crippen molar-refractivity contribution in [1.29, 1.82) is 0 Å². The minimum Gasteiger partial charge on any atom is -0.419 e. The number of aromatic nitrogens is 3. The molecule has 2 aromatic rings. The van der Waals surface area contributed by atoms with Crippen molar-refractivity contribution in [1.82, 2.24) is 20.5 Å². The average molecular weight is 288 g/mol. The summed E-state index contributed by atoms with van der Waals surface area (Å²) in [5.41, 5.74) is 3.16. The molecule has 0 aliphatic carbocycles. The number of ether oxygens (including phenoxy) is 1. The molecule has 0 amide bonds. The van der Waals surface area contributed by atoms with Gasteiger partial charge in [0.05, 0.1) is 0 Å². The van der Waals surface area contributed by atoms with E-state index in [1.165, 1.54) is 5.56 Å². The van der Waals surface area contributed by atoms with Gasteiger partial charge in [0.15, 0.2) is 0 Å². The number of pyridine rings is 1. The monoisotopic (exact) mass is 288 g/mol. The van der Waals surface area contributed by atoms with Crippen molar-refractivity contribution >= 4 is 0 Å². The van der Waals surface area contributed by atoms with Gasteiger partial charge in [0.25, 0.3) is 0 Å². The second-order valence-electron chi connectivity index (χ2n) is 5.92. The second kappa shape index (κ2) is 6.72. The Kier molecular flexibility index (Phi) is 4.96. The van der Waals surface area contributed by atoms with Gasteiger partial charge in [0, 0.05) is 36.1 Å². The van der Waals surface area contributed by atoms with Gasteiger partial charge in [-0.05, 0) is 24.5 Å². The fourth-order valence-corrected chi connectivity index (χ4v) is 1.91. The maximum Gasteiger partial charge on any atom is 0.240 e. The molecule has 0 unspecified atom stereocenters. The summed E-state index contributed by atoms with van der Waals surface area (Å²) < 4.78 is 5.76.